The Bertz CT molecular complexity index is 1270. The van der Waals surface area contributed by atoms with Crippen molar-refractivity contribution in [3.05, 3.63) is 81.4 Å². The van der Waals surface area contributed by atoms with Gasteiger partial charge in [0.25, 0.3) is 0 Å². The zero-order valence-electron chi connectivity index (χ0n) is 22.6. The number of aliphatic hydroxyl groups is 2. The molecule has 7 nitrogen and oxygen atoms in total. The fourth-order valence-corrected chi connectivity index (χ4v) is 4.35. The van der Waals surface area contributed by atoms with Crippen molar-refractivity contribution < 1.29 is 34.0 Å². The molecule has 0 bridgehead atoms. The molecule has 0 aliphatic rings. The van der Waals surface area contributed by atoms with Gasteiger partial charge in [0.15, 0.2) is 11.5 Å². The highest BCUT2D eigenvalue weighted by atomic mass is 35.5. The van der Waals surface area contributed by atoms with E-state index in [-0.39, 0.29) is 34.8 Å². The number of hydrogen-bond acceptors (Lipinski definition) is 7. The summed E-state index contributed by atoms with van der Waals surface area (Å²) in [7, 11) is 2.66. The number of benzene rings is 3. The van der Waals surface area contributed by atoms with Crippen molar-refractivity contribution in [3.63, 3.8) is 0 Å². The van der Waals surface area contributed by atoms with Crippen molar-refractivity contribution in [2.75, 3.05) is 14.2 Å². The Balaban J connectivity index is 2.13. The molecule has 3 aromatic carbocycles. The van der Waals surface area contributed by atoms with Gasteiger partial charge in [-0.1, -0.05) is 62.7 Å². The third-order valence-electron chi connectivity index (χ3n) is 5.97. The summed E-state index contributed by atoms with van der Waals surface area (Å²) in [4.78, 5) is 13.0. The lowest BCUT2D eigenvalue weighted by atomic mass is 9.86. The third-order valence-corrected chi connectivity index (χ3v) is 6.50. The van der Waals surface area contributed by atoms with E-state index < -0.39 is 18.7 Å². The van der Waals surface area contributed by atoms with Crippen LogP contribution < -0.4 is 14.2 Å². The number of halogens is 1. The van der Waals surface area contributed by atoms with E-state index in [4.69, 9.17) is 30.5 Å². The van der Waals surface area contributed by atoms with Crippen LogP contribution in [0.25, 0.3) is 0 Å². The SMILES string of the molecule is COC(=O)c1c(Oc2c(OCc3ccccc3)cc(C)c(Cl)c2CO)ccc(C(O)CC(C)(C)C)c1OC. The molecule has 0 aromatic heterocycles. The van der Waals surface area contributed by atoms with E-state index >= 15 is 0 Å². The molecule has 0 saturated carbocycles. The van der Waals surface area contributed by atoms with Gasteiger partial charge in [0.05, 0.1) is 32.0 Å². The van der Waals surface area contributed by atoms with Crippen molar-refractivity contribution in [1.29, 1.82) is 0 Å². The molecular weight excluding hydrogens is 508 g/mol. The molecule has 0 aliphatic heterocycles. The Kier molecular flexibility index (Phi) is 9.66. The molecule has 8 heteroatoms. The Morgan fingerprint density at radius 3 is 2.29 bits per heavy atom. The molecule has 204 valence electrons. The lowest BCUT2D eigenvalue weighted by molar-refractivity contribution is 0.0592. The van der Waals surface area contributed by atoms with Gasteiger partial charge in [-0.05, 0) is 48.1 Å². The van der Waals surface area contributed by atoms with Gasteiger partial charge in [-0.15, -0.1) is 0 Å². The van der Waals surface area contributed by atoms with Crippen LogP contribution >= 0.6 is 11.6 Å². The highest BCUT2D eigenvalue weighted by molar-refractivity contribution is 6.32. The van der Waals surface area contributed by atoms with Crippen molar-refractivity contribution in [2.24, 2.45) is 5.41 Å². The maximum absolute atomic E-state index is 13.0. The predicted octanol–water partition coefficient (Wildman–Crippen LogP) is 6.78. The largest absolute Gasteiger partial charge is 0.495 e. The number of ether oxygens (including phenoxy) is 4. The van der Waals surface area contributed by atoms with Crippen LogP contribution in [-0.4, -0.2) is 30.4 Å². The minimum absolute atomic E-state index is 0.00458. The van der Waals surface area contributed by atoms with E-state index in [9.17, 15) is 15.0 Å². The number of carbonyl (C=O) groups is 1. The number of hydrogen-bond donors (Lipinski definition) is 2. The number of methoxy groups -OCH3 is 2. The Hall–Kier alpha value is -3.26. The minimum Gasteiger partial charge on any atom is -0.495 e. The summed E-state index contributed by atoms with van der Waals surface area (Å²) in [6, 6.07) is 14.5. The molecule has 0 aliphatic carbocycles. The Morgan fingerprint density at radius 1 is 1.03 bits per heavy atom. The minimum atomic E-state index is -0.894. The Morgan fingerprint density at radius 2 is 1.71 bits per heavy atom. The molecule has 2 N–H and O–H groups in total. The average molecular weight is 543 g/mol. The standard InChI is InChI=1S/C30H35ClO7/c1-18-14-24(37-17-19-10-8-7-9-11-19)27(21(16-32)26(18)31)38-23-13-12-20(22(33)15-30(2,3)4)28(35-5)25(23)29(34)36-6/h7-14,22,32-33H,15-17H2,1-6H3. The van der Waals surface area contributed by atoms with E-state index in [0.29, 0.717) is 33.9 Å². The number of aliphatic hydroxyl groups excluding tert-OH is 2. The fourth-order valence-electron chi connectivity index (χ4n) is 4.15. The topological polar surface area (TPSA) is 94.5 Å². The van der Waals surface area contributed by atoms with E-state index in [0.717, 1.165) is 5.56 Å². The number of esters is 1. The highest BCUT2D eigenvalue weighted by Crippen LogP contribution is 2.45. The monoisotopic (exact) mass is 542 g/mol. The van der Waals surface area contributed by atoms with E-state index in [1.807, 2.05) is 51.1 Å². The predicted molar refractivity (Wildman–Crippen MR) is 146 cm³/mol. The van der Waals surface area contributed by atoms with Gasteiger partial charge < -0.3 is 29.2 Å². The van der Waals surface area contributed by atoms with Crippen LogP contribution in [0.15, 0.2) is 48.5 Å². The van der Waals surface area contributed by atoms with Crippen LogP contribution in [0.1, 0.15) is 65.9 Å². The van der Waals surface area contributed by atoms with Gasteiger partial charge in [-0.2, -0.15) is 0 Å². The first-order valence-electron chi connectivity index (χ1n) is 12.2. The number of carbonyl (C=O) groups excluding carboxylic acids is 1. The first kappa shape index (κ1) is 29.3. The van der Waals surface area contributed by atoms with Crippen LogP contribution in [-0.2, 0) is 18.0 Å². The maximum atomic E-state index is 13.0. The Labute approximate surface area is 228 Å². The third kappa shape index (κ3) is 6.78. The molecule has 0 heterocycles. The molecule has 3 rings (SSSR count). The molecule has 3 aromatic rings. The van der Waals surface area contributed by atoms with E-state index in [2.05, 4.69) is 0 Å². The van der Waals surface area contributed by atoms with Gasteiger partial charge in [-0.25, -0.2) is 4.79 Å². The summed E-state index contributed by atoms with van der Waals surface area (Å²) in [6.45, 7) is 7.65. The van der Waals surface area contributed by atoms with Crippen LogP contribution in [0.3, 0.4) is 0 Å². The first-order chi connectivity index (χ1) is 18.0. The molecule has 0 amide bonds. The molecule has 0 fully saturated rings. The van der Waals surface area contributed by atoms with Gasteiger partial charge in [0, 0.05) is 11.1 Å². The summed E-state index contributed by atoms with van der Waals surface area (Å²) in [5, 5.41) is 21.5. The molecule has 38 heavy (non-hydrogen) atoms. The summed E-state index contributed by atoms with van der Waals surface area (Å²) in [5.74, 6) is 0.0269. The molecule has 0 spiro atoms. The lowest BCUT2D eigenvalue weighted by Crippen LogP contribution is -2.15. The van der Waals surface area contributed by atoms with Gasteiger partial charge in [-0.3, -0.25) is 0 Å². The zero-order valence-corrected chi connectivity index (χ0v) is 23.4. The summed E-state index contributed by atoms with van der Waals surface area (Å²) in [5.41, 5.74) is 2.18. The van der Waals surface area contributed by atoms with Crippen LogP contribution in [0, 0.1) is 12.3 Å². The summed E-state index contributed by atoms with van der Waals surface area (Å²) in [6.07, 6.45) is -0.460. The smallest absolute Gasteiger partial charge is 0.345 e. The fraction of sp³-hybridized carbons (Fsp3) is 0.367. The zero-order chi connectivity index (χ0) is 28.0. The summed E-state index contributed by atoms with van der Waals surface area (Å²) < 4.78 is 23.0. The summed E-state index contributed by atoms with van der Waals surface area (Å²) >= 11 is 6.53. The molecule has 1 unspecified atom stereocenters. The molecular formula is C30H35ClO7. The van der Waals surface area contributed by atoms with Gasteiger partial charge in [0.2, 0.25) is 0 Å². The van der Waals surface area contributed by atoms with E-state index in [1.165, 1.54) is 14.2 Å². The molecule has 0 radical (unpaired) electrons. The quantitative estimate of drug-likeness (QED) is 0.273. The maximum Gasteiger partial charge on any atom is 0.345 e. The van der Waals surface area contributed by atoms with Crippen molar-refractivity contribution in [3.8, 4) is 23.0 Å². The van der Waals surface area contributed by atoms with Gasteiger partial charge in [0.1, 0.15) is 23.7 Å². The normalized spacial score (nSPS) is 12.1. The molecule has 1 atom stereocenters. The highest BCUT2D eigenvalue weighted by Gasteiger charge is 2.29. The number of rotatable bonds is 10. The second kappa shape index (κ2) is 12.5. The second-order valence-corrected chi connectivity index (χ2v) is 10.6. The van der Waals surface area contributed by atoms with Crippen LogP contribution in [0.5, 0.6) is 23.0 Å². The van der Waals surface area contributed by atoms with Crippen LogP contribution in [0.2, 0.25) is 5.02 Å². The lowest BCUT2D eigenvalue weighted by Gasteiger charge is -2.25. The number of aryl methyl sites for hydroxylation is 1. The first-order valence-corrected chi connectivity index (χ1v) is 12.6. The van der Waals surface area contributed by atoms with Crippen LogP contribution in [0.4, 0.5) is 0 Å². The van der Waals surface area contributed by atoms with Gasteiger partial charge >= 0.3 is 5.97 Å². The van der Waals surface area contributed by atoms with Crippen molar-refractivity contribution in [1.82, 2.24) is 0 Å². The second-order valence-electron chi connectivity index (χ2n) is 10.2. The molecule has 0 saturated heterocycles. The van der Waals surface area contributed by atoms with Crippen molar-refractivity contribution in [2.45, 2.75) is 53.4 Å². The average Bonchev–Trinajstić information content (AvgIpc) is 2.88. The van der Waals surface area contributed by atoms with E-state index in [1.54, 1.807) is 25.1 Å². The van der Waals surface area contributed by atoms with Crippen molar-refractivity contribution >= 4 is 17.6 Å².